The van der Waals surface area contributed by atoms with Crippen LogP contribution in [0, 0.1) is 5.41 Å². The Kier molecular flexibility index (Phi) is 5.27. The zero-order valence-electron chi connectivity index (χ0n) is 16.5. The summed E-state index contributed by atoms with van der Waals surface area (Å²) in [6.07, 6.45) is 3.64. The van der Waals surface area contributed by atoms with Crippen molar-refractivity contribution in [2.75, 3.05) is 11.1 Å². The molecule has 2 aromatic rings. The Morgan fingerprint density at radius 3 is 2.75 bits per heavy atom. The van der Waals surface area contributed by atoms with E-state index in [0.29, 0.717) is 17.4 Å². The predicted molar refractivity (Wildman–Crippen MR) is 114 cm³/mol. The predicted octanol–water partition coefficient (Wildman–Crippen LogP) is 5.48. The molecule has 1 aromatic heterocycles. The summed E-state index contributed by atoms with van der Waals surface area (Å²) < 4.78 is 1.87. The summed E-state index contributed by atoms with van der Waals surface area (Å²) in [7, 11) is 0. The lowest BCUT2D eigenvalue weighted by Gasteiger charge is -2.38. The average Bonchev–Trinajstić information content (AvgIpc) is 3.02. The standard InChI is InChI=1S/C21H25ClN4OS/c1-4-5-10-28-20-24-19-23-15-11-21(2,3)12-16(27)17(15)18(26(19)25-20)13-6-8-14(22)9-7-13/h6-9,18H,4-5,10-12H2,1-3H3,(H,23,24,25). The van der Waals surface area contributed by atoms with Crippen molar-refractivity contribution in [3.05, 3.63) is 46.1 Å². The van der Waals surface area contributed by atoms with Gasteiger partial charge >= 0.3 is 0 Å². The van der Waals surface area contributed by atoms with Gasteiger partial charge in [0.1, 0.15) is 6.04 Å². The highest BCUT2D eigenvalue weighted by atomic mass is 35.5. The third-order valence-electron chi connectivity index (χ3n) is 5.23. The van der Waals surface area contributed by atoms with Gasteiger partial charge in [-0.25, -0.2) is 4.68 Å². The Morgan fingerprint density at radius 2 is 2.04 bits per heavy atom. The smallest absolute Gasteiger partial charge is 0.227 e. The molecule has 2 aliphatic rings. The monoisotopic (exact) mass is 416 g/mol. The molecule has 0 bridgehead atoms. The first-order valence-corrected chi connectivity index (χ1v) is 11.1. The number of allylic oxidation sites excluding steroid dienone is 2. The highest BCUT2D eigenvalue weighted by Crippen LogP contribution is 2.45. The maximum atomic E-state index is 13.1. The lowest BCUT2D eigenvalue weighted by Crippen LogP contribution is -2.36. The molecule has 0 fully saturated rings. The summed E-state index contributed by atoms with van der Waals surface area (Å²) in [6, 6.07) is 7.42. The number of Topliss-reactive ketones (excluding diaryl/α,β-unsaturated/α-hetero) is 1. The van der Waals surface area contributed by atoms with Crippen molar-refractivity contribution >= 4 is 35.1 Å². The Morgan fingerprint density at radius 1 is 1.29 bits per heavy atom. The number of anilines is 1. The van der Waals surface area contributed by atoms with Gasteiger partial charge in [0.15, 0.2) is 5.78 Å². The van der Waals surface area contributed by atoms with Gasteiger partial charge in [-0.1, -0.05) is 62.7 Å². The van der Waals surface area contributed by atoms with Crippen LogP contribution in [0.4, 0.5) is 5.95 Å². The second kappa shape index (κ2) is 7.56. The molecule has 7 heteroatoms. The van der Waals surface area contributed by atoms with Crippen molar-refractivity contribution in [2.24, 2.45) is 5.41 Å². The molecule has 0 saturated carbocycles. The van der Waals surface area contributed by atoms with Crippen LogP contribution < -0.4 is 5.32 Å². The number of unbranched alkanes of at least 4 members (excludes halogenated alkanes) is 1. The number of halogens is 1. The first kappa shape index (κ1) is 19.5. The fraction of sp³-hybridized carbons (Fsp3) is 0.476. The zero-order valence-corrected chi connectivity index (χ0v) is 18.0. The van der Waals surface area contributed by atoms with E-state index in [4.69, 9.17) is 21.7 Å². The number of carbonyl (C=O) groups is 1. The van der Waals surface area contributed by atoms with E-state index < -0.39 is 0 Å². The second-order valence-electron chi connectivity index (χ2n) is 8.28. The SMILES string of the molecule is CCCCSc1nc2n(n1)C(c1ccc(Cl)cc1)C1=C(CC(C)(C)CC1=O)N2. The first-order valence-electron chi connectivity index (χ1n) is 9.76. The maximum absolute atomic E-state index is 13.1. The van der Waals surface area contributed by atoms with Crippen molar-refractivity contribution in [1.29, 1.82) is 0 Å². The van der Waals surface area contributed by atoms with E-state index in [1.54, 1.807) is 11.8 Å². The summed E-state index contributed by atoms with van der Waals surface area (Å²) in [5, 5.41) is 9.60. The van der Waals surface area contributed by atoms with Crippen LogP contribution in [0.5, 0.6) is 0 Å². The normalized spacial score (nSPS) is 20.6. The van der Waals surface area contributed by atoms with Gasteiger partial charge < -0.3 is 5.32 Å². The van der Waals surface area contributed by atoms with E-state index in [1.165, 1.54) is 0 Å². The number of benzene rings is 1. The van der Waals surface area contributed by atoms with Gasteiger partial charge in [-0.05, 0) is 36.0 Å². The number of nitrogens with one attached hydrogen (secondary N) is 1. The molecule has 1 unspecified atom stereocenters. The van der Waals surface area contributed by atoms with Crippen molar-refractivity contribution < 1.29 is 4.79 Å². The van der Waals surface area contributed by atoms with Crippen LogP contribution in [0.1, 0.15) is 58.1 Å². The van der Waals surface area contributed by atoms with Crippen LogP contribution in [-0.2, 0) is 4.79 Å². The van der Waals surface area contributed by atoms with Crippen molar-refractivity contribution in [3.63, 3.8) is 0 Å². The molecule has 0 radical (unpaired) electrons. The van der Waals surface area contributed by atoms with Gasteiger partial charge in [0.05, 0.1) is 0 Å². The van der Waals surface area contributed by atoms with Gasteiger partial charge in [-0.3, -0.25) is 4.79 Å². The third kappa shape index (κ3) is 3.72. The molecule has 4 rings (SSSR count). The number of carbonyl (C=O) groups excluding carboxylic acids is 1. The molecule has 148 valence electrons. The van der Waals surface area contributed by atoms with Crippen LogP contribution >= 0.6 is 23.4 Å². The topological polar surface area (TPSA) is 59.8 Å². The number of thioether (sulfide) groups is 1. The minimum Gasteiger partial charge on any atom is -0.328 e. The highest BCUT2D eigenvalue weighted by molar-refractivity contribution is 7.99. The van der Waals surface area contributed by atoms with E-state index in [9.17, 15) is 4.79 Å². The summed E-state index contributed by atoms with van der Waals surface area (Å²) in [5.41, 5.74) is 2.73. The highest BCUT2D eigenvalue weighted by Gasteiger charge is 2.41. The van der Waals surface area contributed by atoms with Gasteiger partial charge in [0.25, 0.3) is 0 Å². The molecular weight excluding hydrogens is 392 g/mol. The quantitative estimate of drug-likeness (QED) is 0.516. The van der Waals surface area contributed by atoms with Crippen molar-refractivity contribution in [1.82, 2.24) is 14.8 Å². The van der Waals surface area contributed by atoms with Crippen LogP contribution in [0.2, 0.25) is 5.02 Å². The van der Waals surface area contributed by atoms with Crippen LogP contribution in [-0.4, -0.2) is 26.3 Å². The molecule has 28 heavy (non-hydrogen) atoms. The minimum atomic E-state index is -0.264. The molecular formula is C21H25ClN4OS. The Bertz CT molecular complexity index is 932. The number of hydrogen-bond acceptors (Lipinski definition) is 5. The van der Waals surface area contributed by atoms with Crippen molar-refractivity contribution in [2.45, 2.75) is 57.7 Å². The summed E-state index contributed by atoms with van der Waals surface area (Å²) in [6.45, 7) is 6.45. The van der Waals surface area contributed by atoms with Gasteiger partial charge in [0, 0.05) is 28.5 Å². The van der Waals surface area contributed by atoms with Crippen LogP contribution in [0.3, 0.4) is 0 Å². The number of rotatable bonds is 5. The number of ketones is 1. The average molecular weight is 417 g/mol. The largest absolute Gasteiger partial charge is 0.328 e. The van der Waals surface area contributed by atoms with E-state index in [0.717, 1.165) is 47.0 Å². The Balaban J connectivity index is 1.78. The van der Waals surface area contributed by atoms with Gasteiger partial charge in [-0.2, -0.15) is 4.98 Å². The second-order valence-corrected chi connectivity index (χ2v) is 9.78. The molecule has 5 nitrogen and oxygen atoms in total. The molecule has 1 aliphatic carbocycles. The van der Waals surface area contributed by atoms with E-state index in [-0.39, 0.29) is 17.2 Å². The summed E-state index contributed by atoms with van der Waals surface area (Å²) in [5.74, 6) is 1.88. The molecule has 2 heterocycles. The van der Waals surface area contributed by atoms with E-state index in [2.05, 4.69) is 26.1 Å². The zero-order chi connectivity index (χ0) is 19.9. The Hall–Kier alpha value is -1.79. The number of aromatic nitrogens is 3. The third-order valence-corrected chi connectivity index (χ3v) is 6.40. The lowest BCUT2D eigenvalue weighted by atomic mass is 9.73. The van der Waals surface area contributed by atoms with Gasteiger partial charge in [0.2, 0.25) is 11.1 Å². The van der Waals surface area contributed by atoms with E-state index in [1.807, 2.05) is 28.9 Å². The molecule has 0 amide bonds. The minimum absolute atomic E-state index is 0.0612. The summed E-state index contributed by atoms with van der Waals surface area (Å²) in [4.78, 5) is 17.8. The fourth-order valence-electron chi connectivity index (χ4n) is 3.91. The fourth-order valence-corrected chi connectivity index (χ4v) is 4.95. The molecule has 0 spiro atoms. The van der Waals surface area contributed by atoms with E-state index >= 15 is 0 Å². The molecule has 0 saturated heterocycles. The van der Waals surface area contributed by atoms with Gasteiger partial charge in [-0.15, -0.1) is 5.10 Å². The molecule has 1 aromatic carbocycles. The Labute approximate surface area is 174 Å². The first-order chi connectivity index (χ1) is 13.4. The van der Waals surface area contributed by atoms with Crippen LogP contribution in [0.25, 0.3) is 0 Å². The molecule has 1 atom stereocenters. The number of nitrogens with zero attached hydrogens (tertiary/aromatic N) is 3. The lowest BCUT2D eigenvalue weighted by molar-refractivity contribution is -0.118. The maximum Gasteiger partial charge on any atom is 0.227 e. The number of fused-ring (bicyclic) bond motifs is 1. The number of hydrogen-bond donors (Lipinski definition) is 1. The molecule has 1 aliphatic heterocycles. The molecule has 1 N–H and O–H groups in total. The van der Waals surface area contributed by atoms with Crippen molar-refractivity contribution in [3.8, 4) is 0 Å². The van der Waals surface area contributed by atoms with Crippen LogP contribution in [0.15, 0.2) is 40.7 Å². The summed E-state index contributed by atoms with van der Waals surface area (Å²) >= 11 is 7.76.